The minimum absolute atomic E-state index is 0.151. The van der Waals surface area contributed by atoms with Gasteiger partial charge >= 0.3 is 0 Å². The molecule has 2 aromatic heterocycles. The number of hydrogen-bond donors (Lipinski definition) is 2. The summed E-state index contributed by atoms with van der Waals surface area (Å²) in [5.41, 5.74) is 6.85. The first-order valence-corrected chi connectivity index (χ1v) is 13.6. The van der Waals surface area contributed by atoms with E-state index in [9.17, 15) is 13.2 Å². The molecule has 1 aliphatic heterocycles. The molecule has 2 bridgehead atoms. The minimum Gasteiger partial charge on any atom is -0.383 e. The van der Waals surface area contributed by atoms with Crippen LogP contribution >= 0.6 is 0 Å². The predicted molar refractivity (Wildman–Crippen MR) is 131 cm³/mol. The van der Waals surface area contributed by atoms with Crippen LogP contribution < -0.4 is 15.4 Å². The Morgan fingerprint density at radius 2 is 2.00 bits per heavy atom. The van der Waals surface area contributed by atoms with Crippen molar-refractivity contribution in [2.75, 3.05) is 17.2 Å². The first-order chi connectivity index (χ1) is 16.0. The Bertz CT molecular complexity index is 1230. The number of nitrogen functional groups attached to an aromatic ring is 1. The molecule has 9 heteroatoms. The predicted octanol–water partition coefficient (Wildman–Crippen LogP) is 3.71. The number of nitrogens with one attached hydrogen (secondary N) is 1. The van der Waals surface area contributed by atoms with Crippen LogP contribution in [0.3, 0.4) is 0 Å². The lowest BCUT2D eigenvalue weighted by molar-refractivity contribution is 0.0981. The smallest absolute Gasteiger partial charge is 0.268 e. The van der Waals surface area contributed by atoms with Crippen LogP contribution in [0.15, 0.2) is 35.4 Å². The summed E-state index contributed by atoms with van der Waals surface area (Å²) in [4.78, 5) is 24.2. The number of sulfonamides is 1. The number of carbonyl (C=O) groups excluding carboxylic acids is 1. The van der Waals surface area contributed by atoms with E-state index in [2.05, 4.69) is 35.4 Å². The van der Waals surface area contributed by atoms with Crippen LogP contribution in [-0.2, 0) is 10.0 Å². The number of nitrogens with zero attached hydrogens (tertiary/aromatic N) is 3. The fourth-order valence-electron chi connectivity index (χ4n) is 6.48. The highest BCUT2D eigenvalue weighted by atomic mass is 32.2. The molecule has 3 fully saturated rings. The van der Waals surface area contributed by atoms with Crippen molar-refractivity contribution in [3.8, 4) is 0 Å². The molecule has 0 spiro atoms. The van der Waals surface area contributed by atoms with E-state index in [4.69, 9.17) is 10.7 Å². The van der Waals surface area contributed by atoms with E-state index in [1.165, 1.54) is 37.6 Å². The molecule has 34 heavy (non-hydrogen) atoms. The summed E-state index contributed by atoms with van der Waals surface area (Å²) >= 11 is 0. The van der Waals surface area contributed by atoms with Crippen molar-refractivity contribution in [2.45, 2.75) is 69.2 Å². The Morgan fingerprint density at radius 1 is 1.21 bits per heavy atom. The average Bonchev–Trinajstić information content (AvgIpc) is 3.47. The first kappa shape index (κ1) is 23.1. The monoisotopic (exact) mass is 483 g/mol. The molecular formula is C25H33N5O3S. The lowest BCUT2D eigenvalue weighted by Crippen LogP contribution is -2.41. The maximum atomic E-state index is 13.4. The third-order valence-electron chi connectivity index (χ3n) is 7.90. The lowest BCUT2D eigenvalue weighted by Gasteiger charge is -2.34. The second kappa shape index (κ2) is 8.22. The van der Waals surface area contributed by atoms with Gasteiger partial charge in [-0.2, -0.15) is 0 Å². The van der Waals surface area contributed by atoms with Crippen LogP contribution in [0.2, 0.25) is 0 Å². The molecule has 2 aliphatic carbocycles. The Balaban J connectivity index is 1.52. The van der Waals surface area contributed by atoms with Gasteiger partial charge in [0.25, 0.3) is 15.9 Å². The van der Waals surface area contributed by atoms with Gasteiger partial charge in [0.2, 0.25) is 0 Å². The number of carbonyl (C=O) groups is 1. The molecule has 8 nitrogen and oxygen atoms in total. The Kier molecular flexibility index (Phi) is 5.58. The van der Waals surface area contributed by atoms with Gasteiger partial charge in [0.1, 0.15) is 16.5 Å². The molecule has 1 saturated heterocycles. The summed E-state index contributed by atoms with van der Waals surface area (Å²) in [6.45, 7) is 7.26. The number of fused-ring (bicyclic) bond motifs is 2. The van der Waals surface area contributed by atoms with Crippen molar-refractivity contribution in [1.82, 2.24) is 14.7 Å². The first-order valence-electron chi connectivity index (χ1n) is 12.1. The summed E-state index contributed by atoms with van der Waals surface area (Å²) in [7, 11) is -4.18. The van der Waals surface area contributed by atoms with Crippen molar-refractivity contribution in [3.63, 3.8) is 0 Å². The quantitative estimate of drug-likeness (QED) is 0.665. The zero-order valence-electron chi connectivity index (χ0n) is 20.0. The van der Waals surface area contributed by atoms with Gasteiger partial charge in [-0.25, -0.2) is 23.1 Å². The number of pyridine rings is 2. The standard InChI is InChI=1S/C25H33N5O3S/c1-15-13-25(2,3)30(14-15)23-18(8-9-20(28-23)19-12-16-6-7-17(19)11-16)24(31)29-34(32,33)21-5-4-10-27-22(21)26/h4-5,8-10,15-17,19H,6-7,11-14H2,1-3H3,(H2,26,27)(H,29,31)/t15-,16?,17?,19?/m0/s1. The topological polar surface area (TPSA) is 118 Å². The molecule has 3 N–H and O–H groups in total. The summed E-state index contributed by atoms with van der Waals surface area (Å²) < 4.78 is 28.0. The van der Waals surface area contributed by atoms with Crippen molar-refractivity contribution in [1.29, 1.82) is 0 Å². The SMILES string of the molecule is C[C@@H]1CN(c2nc(C3CC4CCC3C4)ccc2C(=O)NS(=O)(=O)c2cccnc2N)C(C)(C)C1. The summed E-state index contributed by atoms with van der Waals surface area (Å²) in [6, 6.07) is 6.47. The molecule has 2 aromatic rings. The van der Waals surface area contributed by atoms with E-state index in [-0.39, 0.29) is 21.8 Å². The van der Waals surface area contributed by atoms with Crippen LogP contribution in [0.1, 0.15) is 74.8 Å². The number of hydrogen-bond acceptors (Lipinski definition) is 7. The van der Waals surface area contributed by atoms with Gasteiger partial charge < -0.3 is 10.6 Å². The molecule has 182 valence electrons. The largest absolute Gasteiger partial charge is 0.383 e. The van der Waals surface area contributed by atoms with E-state index < -0.39 is 15.9 Å². The van der Waals surface area contributed by atoms with Crippen molar-refractivity contribution in [3.05, 3.63) is 41.7 Å². The van der Waals surface area contributed by atoms with Crippen LogP contribution in [0, 0.1) is 17.8 Å². The van der Waals surface area contributed by atoms with Gasteiger partial charge in [0, 0.05) is 29.9 Å². The van der Waals surface area contributed by atoms with Crippen LogP contribution in [-0.4, -0.2) is 36.4 Å². The van der Waals surface area contributed by atoms with Gasteiger partial charge in [0.05, 0.1) is 5.56 Å². The second-order valence-electron chi connectivity index (χ2n) is 10.9. The fraction of sp³-hybridized carbons (Fsp3) is 0.560. The molecule has 4 atom stereocenters. The number of amides is 1. The van der Waals surface area contributed by atoms with Crippen LogP contribution in [0.25, 0.3) is 0 Å². The van der Waals surface area contributed by atoms with E-state index >= 15 is 0 Å². The highest BCUT2D eigenvalue weighted by Gasteiger charge is 2.43. The molecule has 1 amide bonds. The number of aromatic nitrogens is 2. The summed E-state index contributed by atoms with van der Waals surface area (Å²) in [5, 5.41) is 0. The van der Waals surface area contributed by atoms with Crippen molar-refractivity contribution in [2.24, 2.45) is 17.8 Å². The number of nitrogens with two attached hydrogens (primary N) is 1. The fourth-order valence-corrected chi connectivity index (χ4v) is 7.53. The lowest BCUT2D eigenvalue weighted by atomic mass is 9.86. The molecule has 3 aliphatic rings. The van der Waals surface area contributed by atoms with Gasteiger partial charge in [-0.3, -0.25) is 4.79 Å². The molecule has 5 rings (SSSR count). The van der Waals surface area contributed by atoms with Gasteiger partial charge in [0.15, 0.2) is 0 Å². The third-order valence-corrected chi connectivity index (χ3v) is 9.28. The Labute approximate surface area is 201 Å². The van der Waals surface area contributed by atoms with Crippen LogP contribution in [0.5, 0.6) is 0 Å². The summed E-state index contributed by atoms with van der Waals surface area (Å²) in [6.07, 6.45) is 7.34. The minimum atomic E-state index is -4.18. The second-order valence-corrected chi connectivity index (χ2v) is 12.6. The summed E-state index contributed by atoms with van der Waals surface area (Å²) in [5.74, 6) is 2.00. The van der Waals surface area contributed by atoms with Crippen molar-refractivity contribution >= 4 is 27.6 Å². The third kappa shape index (κ3) is 4.04. The Morgan fingerprint density at radius 3 is 2.62 bits per heavy atom. The molecular weight excluding hydrogens is 450 g/mol. The molecule has 0 aromatic carbocycles. The zero-order valence-corrected chi connectivity index (χ0v) is 20.8. The van der Waals surface area contributed by atoms with Gasteiger partial charge in [-0.15, -0.1) is 0 Å². The van der Waals surface area contributed by atoms with E-state index in [0.717, 1.165) is 31.0 Å². The normalized spacial score (nSPS) is 27.8. The van der Waals surface area contributed by atoms with Gasteiger partial charge in [-0.1, -0.05) is 13.3 Å². The molecule has 3 heterocycles. The number of rotatable bonds is 5. The highest BCUT2D eigenvalue weighted by Crippen LogP contribution is 2.53. The van der Waals surface area contributed by atoms with E-state index in [1.54, 1.807) is 6.07 Å². The average molecular weight is 484 g/mol. The van der Waals surface area contributed by atoms with E-state index in [1.807, 2.05) is 6.07 Å². The maximum absolute atomic E-state index is 13.4. The highest BCUT2D eigenvalue weighted by molar-refractivity contribution is 7.90. The molecule has 2 saturated carbocycles. The number of anilines is 2. The Hall–Kier alpha value is -2.68. The van der Waals surface area contributed by atoms with E-state index in [0.29, 0.717) is 23.6 Å². The molecule has 3 unspecified atom stereocenters. The molecule has 0 radical (unpaired) electrons. The maximum Gasteiger partial charge on any atom is 0.268 e. The zero-order chi connectivity index (χ0) is 24.3. The van der Waals surface area contributed by atoms with Crippen LogP contribution in [0.4, 0.5) is 11.6 Å². The van der Waals surface area contributed by atoms with Crippen molar-refractivity contribution < 1.29 is 13.2 Å². The van der Waals surface area contributed by atoms with Gasteiger partial charge in [-0.05, 0) is 81.5 Å².